The molecule has 0 aromatic heterocycles. The van der Waals surface area contributed by atoms with E-state index < -0.39 is 47.9 Å². The first-order valence-electron chi connectivity index (χ1n) is 11.9. The lowest BCUT2D eigenvalue weighted by atomic mass is 9.96. The van der Waals surface area contributed by atoms with Crippen LogP contribution < -0.4 is 27.4 Å². The van der Waals surface area contributed by atoms with Crippen molar-refractivity contribution in [3.05, 3.63) is 0 Å². The molecule has 33 heavy (non-hydrogen) atoms. The van der Waals surface area contributed by atoms with Crippen molar-refractivity contribution in [3.8, 4) is 0 Å². The van der Waals surface area contributed by atoms with Crippen molar-refractivity contribution in [2.45, 2.75) is 97.8 Å². The molecule has 0 saturated carbocycles. The van der Waals surface area contributed by atoms with Crippen LogP contribution in [0.25, 0.3) is 0 Å². The van der Waals surface area contributed by atoms with Crippen molar-refractivity contribution in [3.63, 3.8) is 0 Å². The SMILES string of the molecule is CCC(C)C(NC(=O)C(N)CCCCN)C(=O)NC(CC(C)C)C(=O)NC(C(=O)O)C(C)C. The van der Waals surface area contributed by atoms with Crippen LogP contribution in [0, 0.1) is 17.8 Å². The number of carboxylic acid groups (broad SMARTS) is 1. The molecule has 0 fully saturated rings. The third-order valence-electron chi connectivity index (χ3n) is 5.67. The van der Waals surface area contributed by atoms with E-state index >= 15 is 0 Å². The lowest BCUT2D eigenvalue weighted by Gasteiger charge is -2.29. The number of unbranched alkanes of at least 4 members (excludes halogenated alkanes) is 1. The molecule has 10 nitrogen and oxygen atoms in total. The van der Waals surface area contributed by atoms with Crippen LogP contribution in [0.15, 0.2) is 0 Å². The van der Waals surface area contributed by atoms with Gasteiger partial charge in [-0.3, -0.25) is 14.4 Å². The molecule has 8 N–H and O–H groups in total. The van der Waals surface area contributed by atoms with Gasteiger partial charge >= 0.3 is 5.97 Å². The summed E-state index contributed by atoms with van der Waals surface area (Å²) in [5.74, 6) is -3.08. The van der Waals surface area contributed by atoms with E-state index in [1.54, 1.807) is 13.8 Å². The maximum Gasteiger partial charge on any atom is 0.326 e. The number of amides is 3. The van der Waals surface area contributed by atoms with Gasteiger partial charge in [0.15, 0.2) is 0 Å². The van der Waals surface area contributed by atoms with Gasteiger partial charge < -0.3 is 32.5 Å². The molecule has 0 aliphatic carbocycles. The van der Waals surface area contributed by atoms with Gasteiger partial charge in [-0.2, -0.15) is 0 Å². The van der Waals surface area contributed by atoms with Crippen LogP contribution in [0.3, 0.4) is 0 Å². The average Bonchev–Trinajstić information content (AvgIpc) is 2.73. The van der Waals surface area contributed by atoms with Gasteiger partial charge in [-0.25, -0.2) is 4.79 Å². The highest BCUT2D eigenvalue weighted by Crippen LogP contribution is 2.12. The van der Waals surface area contributed by atoms with Crippen LogP contribution in [0.2, 0.25) is 0 Å². The summed E-state index contributed by atoms with van der Waals surface area (Å²) in [6.45, 7) is 11.4. The Morgan fingerprint density at radius 1 is 0.848 bits per heavy atom. The number of carboxylic acids is 1. The van der Waals surface area contributed by atoms with Gasteiger partial charge in [-0.05, 0) is 43.6 Å². The molecule has 0 rings (SSSR count). The number of hydrogen-bond acceptors (Lipinski definition) is 6. The summed E-state index contributed by atoms with van der Waals surface area (Å²) < 4.78 is 0. The van der Waals surface area contributed by atoms with Crippen molar-refractivity contribution in [2.24, 2.45) is 29.2 Å². The lowest BCUT2D eigenvalue weighted by molar-refractivity contribution is -0.143. The number of carbonyl (C=O) groups excluding carboxylic acids is 3. The van der Waals surface area contributed by atoms with E-state index in [0.717, 1.165) is 6.42 Å². The van der Waals surface area contributed by atoms with Crippen LogP contribution >= 0.6 is 0 Å². The highest BCUT2D eigenvalue weighted by molar-refractivity contribution is 5.94. The van der Waals surface area contributed by atoms with E-state index in [-0.39, 0.29) is 17.8 Å². The molecule has 10 heteroatoms. The molecule has 0 aliphatic rings. The van der Waals surface area contributed by atoms with Gasteiger partial charge in [0.05, 0.1) is 6.04 Å². The van der Waals surface area contributed by atoms with Gasteiger partial charge in [0.1, 0.15) is 18.1 Å². The Morgan fingerprint density at radius 2 is 1.42 bits per heavy atom. The Labute approximate surface area is 198 Å². The molecule has 5 unspecified atom stereocenters. The number of rotatable bonds is 16. The molecule has 0 bridgehead atoms. The van der Waals surface area contributed by atoms with E-state index in [1.165, 1.54) is 0 Å². The third-order valence-corrected chi connectivity index (χ3v) is 5.67. The second-order valence-electron chi connectivity index (χ2n) is 9.52. The van der Waals surface area contributed by atoms with E-state index in [2.05, 4.69) is 16.0 Å². The van der Waals surface area contributed by atoms with Gasteiger partial charge in [-0.1, -0.05) is 54.4 Å². The lowest BCUT2D eigenvalue weighted by Crippen LogP contribution is -2.59. The van der Waals surface area contributed by atoms with Gasteiger partial charge in [0, 0.05) is 0 Å². The Balaban J connectivity index is 5.46. The van der Waals surface area contributed by atoms with E-state index in [9.17, 15) is 24.3 Å². The summed E-state index contributed by atoms with van der Waals surface area (Å²) in [6, 6.07) is -3.63. The Hall–Kier alpha value is -2.20. The Bertz CT molecular complexity index is 641. The molecule has 0 aromatic rings. The normalized spacial score (nSPS) is 15.9. The molecule has 0 spiro atoms. The second-order valence-corrected chi connectivity index (χ2v) is 9.52. The van der Waals surface area contributed by atoms with Gasteiger partial charge in [0.2, 0.25) is 17.7 Å². The van der Waals surface area contributed by atoms with Crippen LogP contribution in [-0.2, 0) is 19.2 Å². The standard InChI is InChI=1S/C23H45N5O5/c1-7-15(6)19(28-20(29)16(25)10-8-9-11-24)22(31)26-17(12-13(2)3)21(30)27-18(14(4)5)23(32)33/h13-19H,7-12,24-25H2,1-6H3,(H,26,31)(H,27,30)(H,28,29)(H,32,33). The van der Waals surface area contributed by atoms with Crippen LogP contribution in [0.4, 0.5) is 0 Å². The number of nitrogens with two attached hydrogens (primary N) is 2. The minimum absolute atomic E-state index is 0.0657. The molecule has 3 amide bonds. The quantitative estimate of drug-likeness (QED) is 0.180. The predicted molar refractivity (Wildman–Crippen MR) is 128 cm³/mol. The monoisotopic (exact) mass is 471 g/mol. The summed E-state index contributed by atoms with van der Waals surface area (Å²) in [6.07, 6.45) is 2.87. The van der Waals surface area contributed by atoms with Crippen LogP contribution in [-0.4, -0.2) is 59.5 Å². The van der Waals surface area contributed by atoms with Crippen molar-refractivity contribution in [2.75, 3.05) is 6.54 Å². The van der Waals surface area contributed by atoms with Crippen LogP contribution in [0.5, 0.6) is 0 Å². The first-order valence-corrected chi connectivity index (χ1v) is 11.9. The van der Waals surface area contributed by atoms with Crippen molar-refractivity contribution >= 4 is 23.7 Å². The number of aliphatic carboxylic acids is 1. The second kappa shape index (κ2) is 15.6. The minimum atomic E-state index is -1.14. The Morgan fingerprint density at radius 3 is 1.88 bits per heavy atom. The van der Waals surface area contributed by atoms with E-state index in [0.29, 0.717) is 32.2 Å². The van der Waals surface area contributed by atoms with Crippen molar-refractivity contribution in [1.29, 1.82) is 0 Å². The maximum atomic E-state index is 13.1. The molecule has 0 heterocycles. The maximum absolute atomic E-state index is 13.1. The molecular formula is C23H45N5O5. The summed E-state index contributed by atoms with van der Waals surface area (Å²) >= 11 is 0. The third kappa shape index (κ3) is 11.5. The fraction of sp³-hybridized carbons (Fsp3) is 0.826. The molecular weight excluding hydrogens is 426 g/mol. The highest BCUT2D eigenvalue weighted by atomic mass is 16.4. The number of carbonyl (C=O) groups is 4. The minimum Gasteiger partial charge on any atom is -0.480 e. The summed E-state index contributed by atoms with van der Waals surface area (Å²) in [5, 5.41) is 17.4. The Kier molecular flexibility index (Phi) is 14.6. The highest BCUT2D eigenvalue weighted by Gasteiger charge is 2.33. The molecule has 192 valence electrons. The topological polar surface area (TPSA) is 177 Å². The van der Waals surface area contributed by atoms with Crippen molar-refractivity contribution in [1.82, 2.24) is 16.0 Å². The summed E-state index contributed by atoms with van der Waals surface area (Å²) in [4.78, 5) is 50.1. The zero-order chi connectivity index (χ0) is 25.7. The summed E-state index contributed by atoms with van der Waals surface area (Å²) in [5.41, 5.74) is 11.4. The zero-order valence-corrected chi connectivity index (χ0v) is 21.0. The smallest absolute Gasteiger partial charge is 0.326 e. The van der Waals surface area contributed by atoms with Crippen molar-refractivity contribution < 1.29 is 24.3 Å². The van der Waals surface area contributed by atoms with Crippen LogP contribution in [0.1, 0.15) is 73.6 Å². The van der Waals surface area contributed by atoms with Gasteiger partial charge in [0.25, 0.3) is 0 Å². The molecule has 0 aromatic carbocycles. The first-order chi connectivity index (χ1) is 15.3. The van der Waals surface area contributed by atoms with E-state index in [4.69, 9.17) is 11.5 Å². The number of nitrogens with one attached hydrogen (secondary N) is 3. The molecule has 0 radical (unpaired) electrons. The largest absolute Gasteiger partial charge is 0.480 e. The average molecular weight is 472 g/mol. The fourth-order valence-electron chi connectivity index (χ4n) is 3.33. The fourth-order valence-corrected chi connectivity index (χ4v) is 3.33. The predicted octanol–water partition coefficient (Wildman–Crippen LogP) is 0.730. The first kappa shape index (κ1) is 30.8. The number of hydrogen-bond donors (Lipinski definition) is 6. The zero-order valence-electron chi connectivity index (χ0n) is 21.0. The molecule has 0 aliphatic heterocycles. The van der Waals surface area contributed by atoms with Gasteiger partial charge in [-0.15, -0.1) is 0 Å². The summed E-state index contributed by atoms with van der Waals surface area (Å²) in [7, 11) is 0. The van der Waals surface area contributed by atoms with E-state index in [1.807, 2.05) is 27.7 Å². The molecule has 0 saturated heterocycles. The molecule has 5 atom stereocenters.